The Kier molecular flexibility index (Phi) is 1.92. The summed E-state index contributed by atoms with van der Waals surface area (Å²) in [4.78, 5) is 13.2. The van der Waals surface area contributed by atoms with Gasteiger partial charge in [-0.2, -0.15) is 0 Å². The fraction of sp³-hybridized carbons (Fsp3) is 0.333. The summed E-state index contributed by atoms with van der Waals surface area (Å²) in [6, 6.07) is 0.0428. The van der Waals surface area contributed by atoms with Crippen molar-refractivity contribution in [3.8, 4) is 0 Å². The maximum Gasteiger partial charge on any atom is 0.237 e. The first-order chi connectivity index (χ1) is 6.20. The molecular formula is C9H10N2OS. The lowest BCUT2D eigenvalue weighted by Crippen LogP contribution is -2.57. The van der Waals surface area contributed by atoms with Crippen molar-refractivity contribution in [1.82, 2.24) is 10.2 Å². The molecule has 1 aliphatic heterocycles. The van der Waals surface area contributed by atoms with E-state index in [-0.39, 0.29) is 17.9 Å². The van der Waals surface area contributed by atoms with Crippen molar-refractivity contribution < 1.29 is 4.79 Å². The molecule has 2 aliphatic rings. The van der Waals surface area contributed by atoms with E-state index in [4.69, 9.17) is 12.2 Å². The van der Waals surface area contributed by atoms with Crippen LogP contribution in [0.3, 0.4) is 0 Å². The van der Waals surface area contributed by atoms with Crippen LogP contribution in [0.2, 0.25) is 0 Å². The van der Waals surface area contributed by atoms with E-state index in [1.54, 1.807) is 7.05 Å². The second-order valence-electron chi connectivity index (χ2n) is 3.17. The molecule has 1 fully saturated rings. The highest BCUT2D eigenvalue weighted by molar-refractivity contribution is 7.80. The Labute approximate surface area is 82.1 Å². The van der Waals surface area contributed by atoms with E-state index in [1.165, 1.54) is 4.90 Å². The lowest BCUT2D eigenvalue weighted by Gasteiger charge is -2.35. The minimum absolute atomic E-state index is 0.0428. The molecule has 4 heteroatoms. The van der Waals surface area contributed by atoms with E-state index in [0.717, 1.165) is 0 Å². The summed E-state index contributed by atoms with van der Waals surface area (Å²) in [5, 5.41) is 3.60. The van der Waals surface area contributed by atoms with E-state index >= 15 is 0 Å². The van der Waals surface area contributed by atoms with E-state index in [0.29, 0.717) is 5.11 Å². The zero-order valence-corrected chi connectivity index (χ0v) is 8.04. The standard InChI is InChI=1S/C9H10N2OS/c1-11-8(12)6-4-2-3-5-7(6)10-9(11)13/h2-7H,1H3,(H,10,13)/t6?,7-/m0/s1. The Morgan fingerprint density at radius 2 is 2.15 bits per heavy atom. The van der Waals surface area contributed by atoms with E-state index in [2.05, 4.69) is 5.32 Å². The van der Waals surface area contributed by atoms with Gasteiger partial charge in [-0.25, -0.2) is 0 Å². The molecule has 0 aromatic heterocycles. The number of hydrogen-bond acceptors (Lipinski definition) is 2. The molecule has 1 aliphatic carbocycles. The molecule has 0 bridgehead atoms. The number of fused-ring (bicyclic) bond motifs is 1. The van der Waals surface area contributed by atoms with Crippen molar-refractivity contribution in [2.45, 2.75) is 6.04 Å². The lowest BCUT2D eigenvalue weighted by atomic mass is 9.92. The molecule has 2 atom stereocenters. The van der Waals surface area contributed by atoms with Gasteiger partial charge in [0.1, 0.15) is 0 Å². The van der Waals surface area contributed by atoms with Gasteiger partial charge < -0.3 is 5.32 Å². The fourth-order valence-electron chi connectivity index (χ4n) is 1.54. The van der Waals surface area contributed by atoms with Gasteiger partial charge in [0.15, 0.2) is 5.11 Å². The van der Waals surface area contributed by atoms with Crippen molar-refractivity contribution in [2.24, 2.45) is 5.92 Å². The third-order valence-electron chi connectivity index (χ3n) is 2.35. The molecule has 1 N–H and O–H groups in total. The average Bonchev–Trinajstić information content (AvgIpc) is 2.15. The predicted molar refractivity (Wildman–Crippen MR) is 54.1 cm³/mol. The Morgan fingerprint density at radius 1 is 1.46 bits per heavy atom. The zero-order chi connectivity index (χ0) is 9.42. The zero-order valence-electron chi connectivity index (χ0n) is 7.23. The van der Waals surface area contributed by atoms with Crippen LogP contribution in [-0.4, -0.2) is 29.0 Å². The molecule has 0 saturated carbocycles. The van der Waals surface area contributed by atoms with E-state index < -0.39 is 0 Å². The van der Waals surface area contributed by atoms with Crippen LogP contribution in [0.1, 0.15) is 0 Å². The average molecular weight is 194 g/mol. The Morgan fingerprint density at radius 3 is 2.92 bits per heavy atom. The topological polar surface area (TPSA) is 32.3 Å². The van der Waals surface area contributed by atoms with Gasteiger partial charge in [-0.05, 0) is 12.2 Å². The number of allylic oxidation sites excluding steroid dienone is 2. The predicted octanol–water partition coefficient (Wildman–Crippen LogP) is 0.444. The molecule has 0 aromatic rings. The van der Waals surface area contributed by atoms with E-state index in [1.807, 2.05) is 24.3 Å². The van der Waals surface area contributed by atoms with Gasteiger partial charge in [0, 0.05) is 7.05 Å². The Hall–Kier alpha value is -1.16. The normalized spacial score (nSPS) is 31.6. The number of nitrogens with zero attached hydrogens (tertiary/aromatic N) is 1. The number of nitrogens with one attached hydrogen (secondary N) is 1. The molecule has 0 aromatic carbocycles. The summed E-state index contributed by atoms with van der Waals surface area (Å²) in [6.45, 7) is 0. The second-order valence-corrected chi connectivity index (χ2v) is 3.55. The second kappa shape index (κ2) is 2.96. The summed E-state index contributed by atoms with van der Waals surface area (Å²) in [7, 11) is 1.69. The number of hydrogen-bond donors (Lipinski definition) is 1. The van der Waals surface area contributed by atoms with Gasteiger partial charge in [-0.1, -0.05) is 24.3 Å². The SMILES string of the molecule is CN1C(=O)C2C=CC=C[C@@H]2NC1=S. The molecular weight excluding hydrogens is 184 g/mol. The first-order valence-corrected chi connectivity index (χ1v) is 4.54. The summed E-state index contributed by atoms with van der Waals surface area (Å²) < 4.78 is 0. The van der Waals surface area contributed by atoms with Gasteiger partial charge in [0.25, 0.3) is 0 Å². The minimum atomic E-state index is -0.0956. The van der Waals surface area contributed by atoms with Crippen molar-refractivity contribution in [3.05, 3.63) is 24.3 Å². The third kappa shape index (κ3) is 1.27. The lowest BCUT2D eigenvalue weighted by molar-refractivity contribution is -0.130. The quantitative estimate of drug-likeness (QED) is 0.568. The first-order valence-electron chi connectivity index (χ1n) is 4.13. The maximum absolute atomic E-state index is 11.7. The van der Waals surface area contributed by atoms with E-state index in [9.17, 15) is 4.79 Å². The van der Waals surface area contributed by atoms with Gasteiger partial charge in [0.2, 0.25) is 5.91 Å². The fourth-order valence-corrected chi connectivity index (χ4v) is 1.77. The van der Waals surface area contributed by atoms with Crippen molar-refractivity contribution in [3.63, 3.8) is 0 Å². The van der Waals surface area contributed by atoms with Crippen molar-refractivity contribution in [1.29, 1.82) is 0 Å². The van der Waals surface area contributed by atoms with Crippen LogP contribution < -0.4 is 5.32 Å². The van der Waals surface area contributed by atoms with Crippen LogP contribution in [0.4, 0.5) is 0 Å². The minimum Gasteiger partial charge on any atom is -0.355 e. The molecule has 1 saturated heterocycles. The largest absolute Gasteiger partial charge is 0.355 e. The number of carbonyl (C=O) groups is 1. The van der Waals surface area contributed by atoms with Gasteiger partial charge in [0.05, 0.1) is 12.0 Å². The maximum atomic E-state index is 11.7. The summed E-state index contributed by atoms with van der Waals surface area (Å²) in [6.07, 6.45) is 7.68. The number of amides is 1. The summed E-state index contributed by atoms with van der Waals surface area (Å²) in [5.74, 6) is -0.0314. The highest BCUT2D eigenvalue weighted by atomic mass is 32.1. The van der Waals surface area contributed by atoms with Crippen LogP contribution in [-0.2, 0) is 4.79 Å². The number of thiocarbonyl (C=S) groups is 1. The number of rotatable bonds is 0. The highest BCUT2D eigenvalue weighted by Crippen LogP contribution is 2.19. The van der Waals surface area contributed by atoms with Gasteiger partial charge in [-0.15, -0.1) is 0 Å². The van der Waals surface area contributed by atoms with Crippen LogP contribution in [0.5, 0.6) is 0 Å². The summed E-state index contributed by atoms with van der Waals surface area (Å²) >= 11 is 5.01. The van der Waals surface area contributed by atoms with Gasteiger partial charge in [-0.3, -0.25) is 9.69 Å². The van der Waals surface area contributed by atoms with Crippen molar-refractivity contribution >= 4 is 23.2 Å². The highest BCUT2D eigenvalue weighted by Gasteiger charge is 2.34. The third-order valence-corrected chi connectivity index (χ3v) is 2.74. The van der Waals surface area contributed by atoms with Crippen LogP contribution in [0.25, 0.3) is 0 Å². The molecule has 68 valence electrons. The number of carbonyl (C=O) groups excluding carboxylic acids is 1. The molecule has 0 radical (unpaired) electrons. The monoisotopic (exact) mass is 194 g/mol. The van der Waals surface area contributed by atoms with Gasteiger partial charge >= 0.3 is 0 Å². The molecule has 0 spiro atoms. The molecule has 1 amide bonds. The molecule has 2 rings (SSSR count). The summed E-state index contributed by atoms with van der Waals surface area (Å²) in [5.41, 5.74) is 0. The Balaban J connectivity index is 2.29. The van der Waals surface area contributed by atoms with Crippen LogP contribution >= 0.6 is 12.2 Å². The molecule has 3 nitrogen and oxygen atoms in total. The molecule has 1 heterocycles. The molecule has 1 unspecified atom stereocenters. The smallest absolute Gasteiger partial charge is 0.237 e. The van der Waals surface area contributed by atoms with Crippen molar-refractivity contribution in [2.75, 3.05) is 7.05 Å². The Bertz CT molecular complexity index is 322. The van der Waals surface area contributed by atoms with Crippen LogP contribution in [0.15, 0.2) is 24.3 Å². The molecule has 13 heavy (non-hydrogen) atoms. The first kappa shape index (κ1) is 8.44. The van der Waals surface area contributed by atoms with Crippen LogP contribution in [0, 0.1) is 5.92 Å².